The molecule has 1 aromatic carbocycles. The Labute approximate surface area is 96.4 Å². The summed E-state index contributed by atoms with van der Waals surface area (Å²) in [5.41, 5.74) is 11.5. The van der Waals surface area contributed by atoms with Gasteiger partial charge in [0.05, 0.1) is 6.54 Å². The lowest BCUT2D eigenvalue weighted by Gasteiger charge is -2.14. The molecule has 0 aliphatic carbocycles. The number of carbonyl (C=O) groups excluding carboxylic acids is 1. The van der Waals surface area contributed by atoms with E-state index in [1.165, 1.54) is 18.2 Å². The van der Waals surface area contributed by atoms with Crippen molar-refractivity contribution in [3.05, 3.63) is 23.8 Å². The highest BCUT2D eigenvalue weighted by Gasteiger charge is 2.28. The third-order valence-corrected chi connectivity index (χ3v) is 1.98. The van der Waals surface area contributed by atoms with Gasteiger partial charge >= 0.3 is 0 Å². The van der Waals surface area contributed by atoms with Crippen molar-refractivity contribution >= 4 is 17.3 Å². The summed E-state index contributed by atoms with van der Waals surface area (Å²) in [4.78, 5) is 11.5. The maximum atomic E-state index is 12.7. The molecule has 1 aromatic rings. The molecule has 0 fully saturated rings. The fourth-order valence-corrected chi connectivity index (χ4v) is 1.18. The van der Waals surface area contributed by atoms with Gasteiger partial charge in [0.1, 0.15) is 6.61 Å². The first-order valence-corrected chi connectivity index (χ1v) is 4.77. The van der Waals surface area contributed by atoms with Crippen molar-refractivity contribution in [1.29, 1.82) is 0 Å². The van der Waals surface area contributed by atoms with Crippen LogP contribution >= 0.6 is 0 Å². The first-order valence-electron chi connectivity index (χ1n) is 4.77. The van der Waals surface area contributed by atoms with E-state index >= 15 is 0 Å². The molecule has 0 radical (unpaired) electrons. The number of amides is 1. The van der Waals surface area contributed by atoms with E-state index < -0.39 is 25.0 Å². The Hall–Kier alpha value is -1.89. The number of nitrogens with one attached hydrogen (secondary N) is 1. The Morgan fingerprint density at radius 1 is 1.29 bits per heavy atom. The van der Waals surface area contributed by atoms with E-state index in [0.29, 0.717) is 0 Å². The molecule has 5 nitrogen and oxygen atoms in total. The van der Waals surface area contributed by atoms with Gasteiger partial charge in [0, 0.05) is 16.9 Å². The topological polar surface area (TPSA) is 101 Å². The quantitative estimate of drug-likeness (QED) is 0.569. The lowest BCUT2D eigenvalue weighted by molar-refractivity contribution is -0.0462. The molecule has 0 heterocycles. The zero-order valence-corrected chi connectivity index (χ0v) is 8.91. The predicted octanol–water partition coefficient (Wildman–Crippen LogP) is 0.208. The summed E-state index contributed by atoms with van der Waals surface area (Å²) in [6, 6.07) is 4.09. The summed E-state index contributed by atoms with van der Waals surface area (Å²) < 4.78 is 25.3. The zero-order valence-electron chi connectivity index (χ0n) is 8.91. The number of nitrogen functional groups attached to an aromatic ring is 2. The molecule has 7 heteroatoms. The normalized spacial score (nSPS) is 11.2. The highest BCUT2D eigenvalue weighted by atomic mass is 19.3. The van der Waals surface area contributed by atoms with Gasteiger partial charge in [-0.15, -0.1) is 0 Å². The summed E-state index contributed by atoms with van der Waals surface area (Å²) in [7, 11) is 0. The average Bonchev–Trinajstić information content (AvgIpc) is 2.24. The molecule has 6 N–H and O–H groups in total. The van der Waals surface area contributed by atoms with Gasteiger partial charge in [0.25, 0.3) is 11.8 Å². The van der Waals surface area contributed by atoms with E-state index in [1.807, 2.05) is 5.32 Å². The highest BCUT2D eigenvalue weighted by molar-refractivity contribution is 5.96. The Balaban J connectivity index is 2.70. The molecule has 0 aromatic heterocycles. The molecule has 0 aliphatic rings. The number of rotatable bonds is 4. The van der Waals surface area contributed by atoms with Crippen molar-refractivity contribution < 1.29 is 18.7 Å². The molecule has 0 saturated heterocycles. The van der Waals surface area contributed by atoms with Crippen molar-refractivity contribution in [1.82, 2.24) is 5.32 Å². The summed E-state index contributed by atoms with van der Waals surface area (Å²) in [5, 5.41) is 10.3. The maximum Gasteiger partial charge on any atom is 0.287 e. The van der Waals surface area contributed by atoms with Crippen LogP contribution in [-0.2, 0) is 0 Å². The van der Waals surface area contributed by atoms with Gasteiger partial charge in [-0.25, -0.2) is 8.78 Å². The van der Waals surface area contributed by atoms with Crippen LogP contribution in [0.15, 0.2) is 18.2 Å². The molecule has 0 saturated carbocycles. The van der Waals surface area contributed by atoms with Crippen molar-refractivity contribution in [3.8, 4) is 0 Å². The monoisotopic (exact) mass is 245 g/mol. The van der Waals surface area contributed by atoms with Crippen LogP contribution in [-0.4, -0.2) is 30.1 Å². The third-order valence-electron chi connectivity index (χ3n) is 1.98. The minimum atomic E-state index is -3.35. The number of nitrogens with two attached hydrogens (primary N) is 2. The second-order valence-electron chi connectivity index (χ2n) is 3.59. The molecule has 94 valence electrons. The van der Waals surface area contributed by atoms with E-state index in [4.69, 9.17) is 16.6 Å². The van der Waals surface area contributed by atoms with Gasteiger partial charge in [-0.3, -0.25) is 4.79 Å². The summed E-state index contributed by atoms with van der Waals surface area (Å²) >= 11 is 0. The zero-order chi connectivity index (χ0) is 13.1. The van der Waals surface area contributed by atoms with Gasteiger partial charge < -0.3 is 21.9 Å². The fraction of sp³-hybridized carbons (Fsp3) is 0.300. The Morgan fingerprint density at radius 3 is 2.29 bits per heavy atom. The number of hydrogen-bond acceptors (Lipinski definition) is 4. The van der Waals surface area contributed by atoms with Crippen LogP contribution in [0.1, 0.15) is 10.4 Å². The Morgan fingerprint density at radius 2 is 1.82 bits per heavy atom. The van der Waals surface area contributed by atoms with Crippen LogP contribution in [0.5, 0.6) is 0 Å². The van der Waals surface area contributed by atoms with Crippen molar-refractivity contribution in [2.45, 2.75) is 5.92 Å². The smallest absolute Gasteiger partial charge is 0.287 e. The first-order chi connectivity index (χ1) is 7.84. The molecule has 0 atom stereocenters. The Bertz CT molecular complexity index is 404. The van der Waals surface area contributed by atoms with Crippen LogP contribution in [0.25, 0.3) is 0 Å². The summed E-state index contributed by atoms with van der Waals surface area (Å²) in [6.45, 7) is -2.27. The summed E-state index contributed by atoms with van der Waals surface area (Å²) in [5.74, 6) is -4.07. The molecule has 0 unspecified atom stereocenters. The lowest BCUT2D eigenvalue weighted by atomic mass is 10.1. The number of hydrogen-bond donors (Lipinski definition) is 4. The van der Waals surface area contributed by atoms with E-state index in [1.54, 1.807) is 0 Å². The van der Waals surface area contributed by atoms with Crippen LogP contribution < -0.4 is 16.8 Å². The number of alkyl halides is 2. The standard InChI is InChI=1S/C10H13F2N3O2/c11-10(12,5-16)4-15-9(17)6-1-7(13)3-8(14)2-6/h1-3,16H,4-5,13-14H2,(H,15,17). The minimum absolute atomic E-state index is 0.0937. The van der Waals surface area contributed by atoms with E-state index in [9.17, 15) is 13.6 Å². The highest BCUT2D eigenvalue weighted by Crippen LogP contribution is 2.14. The molecule has 0 aliphatic heterocycles. The number of benzene rings is 1. The molecule has 17 heavy (non-hydrogen) atoms. The minimum Gasteiger partial charge on any atom is -0.399 e. The number of aliphatic hydroxyl groups excluding tert-OH is 1. The van der Waals surface area contributed by atoms with E-state index in [2.05, 4.69) is 0 Å². The van der Waals surface area contributed by atoms with Crippen LogP contribution in [0.2, 0.25) is 0 Å². The van der Waals surface area contributed by atoms with Gasteiger partial charge in [0.2, 0.25) is 0 Å². The maximum absolute atomic E-state index is 12.7. The van der Waals surface area contributed by atoms with Crippen LogP contribution in [0, 0.1) is 0 Å². The van der Waals surface area contributed by atoms with Crippen molar-refractivity contribution in [2.24, 2.45) is 0 Å². The van der Waals surface area contributed by atoms with Crippen LogP contribution in [0.4, 0.5) is 20.2 Å². The van der Waals surface area contributed by atoms with E-state index in [-0.39, 0.29) is 16.9 Å². The van der Waals surface area contributed by atoms with E-state index in [0.717, 1.165) is 0 Å². The molecular formula is C10H13F2N3O2. The third kappa shape index (κ3) is 3.87. The number of halogens is 2. The molecule has 0 bridgehead atoms. The van der Waals surface area contributed by atoms with Crippen molar-refractivity contribution in [2.75, 3.05) is 24.6 Å². The van der Waals surface area contributed by atoms with Gasteiger partial charge in [0.15, 0.2) is 0 Å². The molecule has 0 spiro atoms. The second-order valence-corrected chi connectivity index (χ2v) is 3.59. The largest absolute Gasteiger partial charge is 0.399 e. The molecule has 1 rings (SSSR count). The van der Waals surface area contributed by atoms with Gasteiger partial charge in [-0.1, -0.05) is 0 Å². The average molecular weight is 245 g/mol. The molecular weight excluding hydrogens is 232 g/mol. The molecule has 1 amide bonds. The van der Waals surface area contributed by atoms with Crippen LogP contribution in [0.3, 0.4) is 0 Å². The fourth-order valence-electron chi connectivity index (χ4n) is 1.18. The number of carbonyl (C=O) groups is 1. The van der Waals surface area contributed by atoms with Crippen molar-refractivity contribution in [3.63, 3.8) is 0 Å². The lowest BCUT2D eigenvalue weighted by Crippen LogP contribution is -2.39. The number of aliphatic hydroxyl groups is 1. The SMILES string of the molecule is Nc1cc(N)cc(C(=O)NCC(F)(F)CO)c1. The number of anilines is 2. The predicted molar refractivity (Wildman–Crippen MR) is 59.6 cm³/mol. The van der Waals surface area contributed by atoms with Gasteiger partial charge in [-0.05, 0) is 18.2 Å². The second kappa shape index (κ2) is 4.96. The Kier molecular flexibility index (Phi) is 3.84. The van der Waals surface area contributed by atoms with Gasteiger partial charge in [-0.2, -0.15) is 0 Å². The summed E-state index contributed by atoms with van der Waals surface area (Å²) in [6.07, 6.45) is 0. The first kappa shape index (κ1) is 13.2.